The predicted molar refractivity (Wildman–Crippen MR) is 76.3 cm³/mol. The van der Waals surface area contributed by atoms with Gasteiger partial charge in [0.2, 0.25) is 0 Å². The molecular formula is C15H10ClNO. The zero-order valence-electron chi connectivity index (χ0n) is 9.53. The van der Waals surface area contributed by atoms with Gasteiger partial charge in [-0.1, -0.05) is 42.0 Å². The first-order valence-electron chi connectivity index (χ1n) is 5.89. The maximum atomic E-state index is 6.44. The summed E-state index contributed by atoms with van der Waals surface area (Å²) in [5.74, 6) is 0. The maximum Gasteiger partial charge on any atom is 0.156 e. The van der Waals surface area contributed by atoms with E-state index in [1.165, 1.54) is 0 Å². The van der Waals surface area contributed by atoms with Crippen molar-refractivity contribution in [3.05, 3.63) is 47.0 Å². The molecule has 0 aliphatic carbocycles. The number of hydrogen-bond acceptors (Lipinski definition) is 2. The van der Waals surface area contributed by atoms with E-state index in [1.807, 2.05) is 18.2 Å². The van der Waals surface area contributed by atoms with E-state index in [2.05, 4.69) is 29.6 Å². The van der Waals surface area contributed by atoms with Crippen molar-refractivity contribution in [1.29, 1.82) is 0 Å². The molecule has 3 aromatic rings. The Kier molecular flexibility index (Phi) is 1.97. The van der Waals surface area contributed by atoms with E-state index in [4.69, 9.17) is 16.0 Å². The molecule has 0 atom stereocenters. The molecule has 2 aromatic carbocycles. The van der Waals surface area contributed by atoms with Gasteiger partial charge in [0.1, 0.15) is 10.6 Å². The number of nitrogens with one attached hydrogen (secondary N) is 1. The summed E-state index contributed by atoms with van der Waals surface area (Å²) in [5.41, 5.74) is 3.72. The Morgan fingerprint density at radius 1 is 1.17 bits per heavy atom. The van der Waals surface area contributed by atoms with E-state index in [1.54, 1.807) is 0 Å². The van der Waals surface area contributed by atoms with Gasteiger partial charge in [-0.25, -0.2) is 0 Å². The molecule has 0 amide bonds. The van der Waals surface area contributed by atoms with Crippen LogP contribution in [-0.2, 0) is 0 Å². The molecule has 4 rings (SSSR count). The SMILES string of the molecule is Clc1c2c(cc3c1oc1ccccc13)C=CCN2. The van der Waals surface area contributed by atoms with Crippen LogP contribution in [0.5, 0.6) is 0 Å². The molecule has 0 radical (unpaired) electrons. The van der Waals surface area contributed by atoms with Gasteiger partial charge < -0.3 is 9.73 Å². The second kappa shape index (κ2) is 3.53. The molecule has 1 aromatic heterocycles. The molecule has 88 valence electrons. The van der Waals surface area contributed by atoms with Gasteiger partial charge in [0.15, 0.2) is 5.58 Å². The van der Waals surface area contributed by atoms with E-state index in [0.29, 0.717) is 5.02 Å². The van der Waals surface area contributed by atoms with Crippen molar-refractivity contribution >= 4 is 45.3 Å². The summed E-state index contributed by atoms with van der Waals surface area (Å²) in [7, 11) is 0. The number of anilines is 1. The topological polar surface area (TPSA) is 25.2 Å². The lowest BCUT2D eigenvalue weighted by Gasteiger charge is -2.14. The summed E-state index contributed by atoms with van der Waals surface area (Å²) in [6.07, 6.45) is 4.19. The van der Waals surface area contributed by atoms with E-state index in [-0.39, 0.29) is 0 Å². The van der Waals surface area contributed by atoms with Crippen molar-refractivity contribution in [2.24, 2.45) is 0 Å². The van der Waals surface area contributed by atoms with Gasteiger partial charge in [-0.2, -0.15) is 0 Å². The zero-order valence-corrected chi connectivity index (χ0v) is 10.3. The zero-order chi connectivity index (χ0) is 12.1. The van der Waals surface area contributed by atoms with Crippen LogP contribution in [-0.4, -0.2) is 6.54 Å². The molecule has 18 heavy (non-hydrogen) atoms. The molecule has 1 aliphatic rings. The molecular weight excluding hydrogens is 246 g/mol. The van der Waals surface area contributed by atoms with Crippen molar-refractivity contribution in [3.8, 4) is 0 Å². The van der Waals surface area contributed by atoms with Crippen molar-refractivity contribution in [1.82, 2.24) is 0 Å². The summed E-state index contributed by atoms with van der Waals surface area (Å²) in [6, 6.07) is 10.1. The third-order valence-corrected chi connectivity index (χ3v) is 3.70. The number of fused-ring (bicyclic) bond motifs is 4. The Balaban J connectivity index is 2.22. The highest BCUT2D eigenvalue weighted by Crippen LogP contribution is 2.40. The Hall–Kier alpha value is -1.93. The first-order valence-corrected chi connectivity index (χ1v) is 6.26. The van der Waals surface area contributed by atoms with Gasteiger partial charge >= 0.3 is 0 Å². The lowest BCUT2D eigenvalue weighted by Crippen LogP contribution is -2.04. The van der Waals surface area contributed by atoms with Gasteiger partial charge in [0.05, 0.1) is 5.69 Å². The highest BCUT2D eigenvalue weighted by atomic mass is 35.5. The van der Waals surface area contributed by atoms with E-state index >= 15 is 0 Å². The van der Waals surface area contributed by atoms with Gasteiger partial charge in [-0.3, -0.25) is 0 Å². The number of para-hydroxylation sites is 1. The van der Waals surface area contributed by atoms with Gasteiger partial charge in [-0.05, 0) is 17.7 Å². The minimum atomic E-state index is 0.669. The fraction of sp³-hybridized carbons (Fsp3) is 0.0667. The molecule has 3 heteroatoms. The van der Waals surface area contributed by atoms with Crippen LogP contribution < -0.4 is 5.32 Å². The fourth-order valence-electron chi connectivity index (χ4n) is 2.50. The number of furan rings is 1. The number of benzene rings is 2. The number of hydrogen-bond donors (Lipinski definition) is 1. The van der Waals surface area contributed by atoms with Crippen molar-refractivity contribution in [2.75, 3.05) is 11.9 Å². The van der Waals surface area contributed by atoms with Gasteiger partial charge in [0, 0.05) is 17.3 Å². The number of halogens is 1. The largest absolute Gasteiger partial charge is 0.454 e. The van der Waals surface area contributed by atoms with Crippen LogP contribution in [0.4, 0.5) is 5.69 Å². The lowest BCUT2D eigenvalue weighted by atomic mass is 10.0. The Labute approximate surface area is 109 Å². The first-order chi connectivity index (χ1) is 8.84. The van der Waals surface area contributed by atoms with Crippen LogP contribution in [0.25, 0.3) is 28.0 Å². The minimum Gasteiger partial charge on any atom is -0.454 e. The molecule has 0 fully saturated rings. The third kappa shape index (κ3) is 1.24. The first kappa shape index (κ1) is 10.0. The van der Waals surface area contributed by atoms with Gasteiger partial charge in [-0.15, -0.1) is 0 Å². The van der Waals surface area contributed by atoms with E-state index < -0.39 is 0 Å². The van der Waals surface area contributed by atoms with E-state index in [9.17, 15) is 0 Å². The highest BCUT2D eigenvalue weighted by Gasteiger charge is 2.17. The van der Waals surface area contributed by atoms with Gasteiger partial charge in [0.25, 0.3) is 0 Å². The Morgan fingerprint density at radius 3 is 3.00 bits per heavy atom. The molecule has 0 saturated heterocycles. The van der Waals surface area contributed by atoms with Crippen LogP contribution in [0.3, 0.4) is 0 Å². The molecule has 1 N–H and O–H groups in total. The maximum absolute atomic E-state index is 6.44. The van der Waals surface area contributed by atoms with Crippen molar-refractivity contribution in [3.63, 3.8) is 0 Å². The molecule has 0 spiro atoms. The van der Waals surface area contributed by atoms with Crippen LogP contribution in [0, 0.1) is 0 Å². The molecule has 0 saturated carbocycles. The second-order valence-corrected chi connectivity index (χ2v) is 4.79. The third-order valence-electron chi connectivity index (χ3n) is 3.34. The lowest BCUT2D eigenvalue weighted by molar-refractivity contribution is 0.669. The average molecular weight is 256 g/mol. The van der Waals surface area contributed by atoms with Crippen LogP contribution >= 0.6 is 11.6 Å². The standard InChI is InChI=1S/C15H10ClNO/c16-13-14-9(4-3-7-17-14)8-11-10-5-1-2-6-12(10)18-15(11)13/h1-6,8,17H,7H2. The minimum absolute atomic E-state index is 0.669. The molecule has 0 bridgehead atoms. The summed E-state index contributed by atoms with van der Waals surface area (Å²) in [4.78, 5) is 0. The molecule has 2 heterocycles. The molecule has 1 aliphatic heterocycles. The molecule has 2 nitrogen and oxygen atoms in total. The second-order valence-electron chi connectivity index (χ2n) is 4.41. The van der Waals surface area contributed by atoms with Crippen molar-refractivity contribution < 1.29 is 4.42 Å². The van der Waals surface area contributed by atoms with Crippen LogP contribution in [0.15, 0.2) is 40.8 Å². The summed E-state index contributed by atoms with van der Waals surface area (Å²) < 4.78 is 5.85. The quantitative estimate of drug-likeness (QED) is 0.631. The monoisotopic (exact) mass is 255 g/mol. The fourth-order valence-corrected chi connectivity index (χ4v) is 2.81. The van der Waals surface area contributed by atoms with Crippen LogP contribution in [0.1, 0.15) is 5.56 Å². The summed E-state index contributed by atoms with van der Waals surface area (Å²) in [5, 5.41) is 6.14. The average Bonchev–Trinajstić information content (AvgIpc) is 2.79. The summed E-state index contributed by atoms with van der Waals surface area (Å²) >= 11 is 6.44. The predicted octanol–water partition coefficient (Wildman–Crippen LogP) is 4.68. The van der Waals surface area contributed by atoms with Crippen LogP contribution in [0.2, 0.25) is 5.02 Å². The highest BCUT2D eigenvalue weighted by molar-refractivity contribution is 6.39. The number of rotatable bonds is 0. The smallest absolute Gasteiger partial charge is 0.156 e. The van der Waals surface area contributed by atoms with Crippen molar-refractivity contribution in [2.45, 2.75) is 0 Å². The summed E-state index contributed by atoms with van der Waals surface area (Å²) in [6.45, 7) is 0.804. The Bertz CT molecular complexity index is 801. The molecule has 0 unspecified atom stereocenters. The normalized spacial score (nSPS) is 13.8. The Morgan fingerprint density at radius 2 is 2.06 bits per heavy atom. The van der Waals surface area contributed by atoms with E-state index in [0.717, 1.165) is 39.7 Å².